The van der Waals surface area contributed by atoms with Crippen LogP contribution in [0.1, 0.15) is 31.9 Å². The van der Waals surface area contributed by atoms with Crippen molar-refractivity contribution in [1.82, 2.24) is 5.32 Å². The summed E-state index contributed by atoms with van der Waals surface area (Å²) in [6.07, 6.45) is -1.01. The molecule has 0 bridgehead atoms. The Labute approximate surface area is 152 Å². The van der Waals surface area contributed by atoms with Crippen molar-refractivity contribution in [2.45, 2.75) is 32.4 Å². The van der Waals surface area contributed by atoms with Gasteiger partial charge in [0.15, 0.2) is 6.10 Å². The van der Waals surface area contributed by atoms with Crippen LogP contribution in [-0.4, -0.2) is 23.9 Å². The fourth-order valence-corrected chi connectivity index (χ4v) is 2.41. The van der Waals surface area contributed by atoms with Crippen molar-refractivity contribution in [2.75, 3.05) is 5.32 Å². The van der Waals surface area contributed by atoms with E-state index < -0.39 is 24.0 Å². The van der Waals surface area contributed by atoms with Gasteiger partial charge in [0.25, 0.3) is 5.91 Å². The van der Waals surface area contributed by atoms with Crippen molar-refractivity contribution >= 4 is 23.5 Å². The first kappa shape index (κ1) is 19.2. The number of carbonyl (C=O) groups excluding carboxylic acids is 3. The van der Waals surface area contributed by atoms with Crippen molar-refractivity contribution in [3.63, 3.8) is 0 Å². The zero-order chi connectivity index (χ0) is 18.9. The third kappa shape index (κ3) is 6.05. The minimum Gasteiger partial charge on any atom is -0.452 e. The van der Waals surface area contributed by atoms with E-state index in [1.165, 1.54) is 13.8 Å². The quantitative estimate of drug-likeness (QED) is 0.749. The molecular formula is C20H22N2O4. The summed E-state index contributed by atoms with van der Waals surface area (Å²) < 4.78 is 5.22. The highest BCUT2D eigenvalue weighted by Gasteiger charge is 2.22. The Hall–Kier alpha value is -3.15. The molecule has 0 aliphatic heterocycles. The molecular weight excluding hydrogens is 332 g/mol. The molecule has 6 nitrogen and oxygen atoms in total. The number of nitrogens with one attached hydrogen (secondary N) is 2. The van der Waals surface area contributed by atoms with Gasteiger partial charge in [0.1, 0.15) is 0 Å². The first-order valence-corrected chi connectivity index (χ1v) is 8.33. The summed E-state index contributed by atoms with van der Waals surface area (Å²) in [6.45, 7) is 2.89. The van der Waals surface area contributed by atoms with Gasteiger partial charge in [-0.25, -0.2) is 0 Å². The Morgan fingerprint density at radius 2 is 1.54 bits per heavy atom. The highest BCUT2D eigenvalue weighted by molar-refractivity contribution is 5.95. The van der Waals surface area contributed by atoms with Crippen LogP contribution in [0.2, 0.25) is 0 Å². The maximum atomic E-state index is 12.2. The number of hydrogen-bond acceptors (Lipinski definition) is 4. The molecule has 0 aliphatic rings. The topological polar surface area (TPSA) is 84.5 Å². The smallest absolute Gasteiger partial charge is 0.309 e. The van der Waals surface area contributed by atoms with Crippen LogP contribution >= 0.6 is 0 Å². The number of anilines is 1. The van der Waals surface area contributed by atoms with Gasteiger partial charge < -0.3 is 15.4 Å². The number of ether oxygens (including phenoxy) is 1. The molecule has 0 radical (unpaired) electrons. The van der Waals surface area contributed by atoms with Crippen LogP contribution in [0, 0.1) is 0 Å². The SMILES string of the molecule is CC(=O)N[C@@H](CC(=O)O[C@@H](C)C(=O)Nc1ccccc1)c1ccccc1. The highest BCUT2D eigenvalue weighted by atomic mass is 16.5. The lowest BCUT2D eigenvalue weighted by atomic mass is 10.0. The van der Waals surface area contributed by atoms with Crippen molar-refractivity contribution < 1.29 is 19.1 Å². The first-order valence-electron chi connectivity index (χ1n) is 8.33. The molecule has 0 unspecified atom stereocenters. The number of carbonyl (C=O) groups is 3. The molecule has 0 spiro atoms. The zero-order valence-electron chi connectivity index (χ0n) is 14.8. The van der Waals surface area contributed by atoms with Crippen LogP contribution in [0.25, 0.3) is 0 Å². The molecule has 2 rings (SSSR count). The number of esters is 1. The van der Waals surface area contributed by atoms with Gasteiger partial charge in [-0.1, -0.05) is 48.5 Å². The van der Waals surface area contributed by atoms with E-state index in [-0.39, 0.29) is 12.3 Å². The number of para-hydroxylation sites is 1. The van der Waals surface area contributed by atoms with Crippen LogP contribution in [0.5, 0.6) is 0 Å². The van der Waals surface area contributed by atoms with Gasteiger partial charge in [0, 0.05) is 12.6 Å². The van der Waals surface area contributed by atoms with Gasteiger partial charge in [-0.3, -0.25) is 14.4 Å². The lowest BCUT2D eigenvalue weighted by Gasteiger charge is -2.19. The van der Waals surface area contributed by atoms with E-state index >= 15 is 0 Å². The van der Waals surface area contributed by atoms with Gasteiger partial charge in [-0.15, -0.1) is 0 Å². The average molecular weight is 354 g/mol. The minimum atomic E-state index is -0.948. The summed E-state index contributed by atoms with van der Waals surface area (Å²) in [5.74, 6) is -1.23. The lowest BCUT2D eigenvalue weighted by Crippen LogP contribution is -2.33. The summed E-state index contributed by atoms with van der Waals surface area (Å²) >= 11 is 0. The van der Waals surface area contributed by atoms with Crippen molar-refractivity contribution in [3.05, 3.63) is 66.2 Å². The monoisotopic (exact) mass is 354 g/mol. The predicted octanol–water partition coefficient (Wildman–Crippen LogP) is 2.82. The van der Waals surface area contributed by atoms with Crippen LogP contribution < -0.4 is 10.6 Å². The largest absolute Gasteiger partial charge is 0.452 e. The molecule has 2 N–H and O–H groups in total. The van der Waals surface area contributed by atoms with E-state index in [2.05, 4.69) is 10.6 Å². The number of benzene rings is 2. The number of hydrogen-bond donors (Lipinski definition) is 2. The molecule has 0 aliphatic carbocycles. The van der Waals surface area contributed by atoms with Gasteiger partial charge in [0.05, 0.1) is 12.5 Å². The van der Waals surface area contributed by atoms with Crippen molar-refractivity contribution in [2.24, 2.45) is 0 Å². The second-order valence-electron chi connectivity index (χ2n) is 5.86. The van der Waals surface area contributed by atoms with Crippen LogP contribution in [0.3, 0.4) is 0 Å². The fourth-order valence-electron chi connectivity index (χ4n) is 2.41. The lowest BCUT2D eigenvalue weighted by molar-refractivity contribution is -0.153. The van der Waals surface area contributed by atoms with Gasteiger partial charge >= 0.3 is 5.97 Å². The number of amides is 2. The fraction of sp³-hybridized carbons (Fsp3) is 0.250. The summed E-state index contributed by atoms with van der Waals surface area (Å²) in [5.41, 5.74) is 1.42. The van der Waals surface area contributed by atoms with E-state index in [1.54, 1.807) is 24.3 Å². The van der Waals surface area contributed by atoms with Crippen LogP contribution in [0.15, 0.2) is 60.7 Å². The molecule has 136 valence electrons. The second-order valence-corrected chi connectivity index (χ2v) is 5.86. The minimum absolute atomic E-state index is 0.0629. The second kappa shape index (κ2) is 9.36. The van der Waals surface area contributed by atoms with E-state index in [9.17, 15) is 14.4 Å². The third-order valence-corrected chi connectivity index (χ3v) is 3.67. The van der Waals surface area contributed by atoms with Gasteiger partial charge in [-0.05, 0) is 24.6 Å². The van der Waals surface area contributed by atoms with Crippen LogP contribution in [0.4, 0.5) is 5.69 Å². The summed E-state index contributed by atoms with van der Waals surface area (Å²) in [6, 6.07) is 17.5. The zero-order valence-corrected chi connectivity index (χ0v) is 14.8. The molecule has 0 saturated carbocycles. The Balaban J connectivity index is 1.94. The van der Waals surface area contributed by atoms with Gasteiger partial charge in [0.2, 0.25) is 5.91 Å². The van der Waals surface area contributed by atoms with E-state index in [0.29, 0.717) is 5.69 Å². The normalized spacial score (nSPS) is 12.5. The third-order valence-electron chi connectivity index (χ3n) is 3.67. The maximum Gasteiger partial charge on any atom is 0.309 e. The standard InChI is InChI=1S/C20H22N2O4/c1-14(20(25)22-17-11-7-4-8-12-17)26-19(24)13-18(21-15(2)23)16-9-5-3-6-10-16/h3-12,14,18H,13H2,1-2H3,(H,21,23)(H,22,25)/t14-,18-/m0/s1. The Bertz CT molecular complexity index is 747. The highest BCUT2D eigenvalue weighted by Crippen LogP contribution is 2.18. The first-order chi connectivity index (χ1) is 12.5. The molecule has 2 aromatic rings. The van der Waals surface area contributed by atoms with Crippen molar-refractivity contribution in [1.29, 1.82) is 0 Å². The molecule has 26 heavy (non-hydrogen) atoms. The molecule has 2 aromatic carbocycles. The maximum absolute atomic E-state index is 12.2. The predicted molar refractivity (Wildman–Crippen MR) is 98.2 cm³/mol. The molecule has 0 aromatic heterocycles. The van der Waals surface area contributed by atoms with Crippen LogP contribution in [-0.2, 0) is 19.1 Å². The Morgan fingerprint density at radius 1 is 0.962 bits per heavy atom. The Morgan fingerprint density at radius 3 is 2.12 bits per heavy atom. The van der Waals surface area contributed by atoms with E-state index in [1.807, 2.05) is 36.4 Å². The molecule has 0 saturated heterocycles. The molecule has 2 amide bonds. The van der Waals surface area contributed by atoms with Crippen molar-refractivity contribution in [3.8, 4) is 0 Å². The average Bonchev–Trinajstić information content (AvgIpc) is 2.62. The molecule has 2 atom stereocenters. The summed E-state index contributed by atoms with van der Waals surface area (Å²) in [7, 11) is 0. The molecule has 0 fully saturated rings. The van der Waals surface area contributed by atoms with Gasteiger partial charge in [-0.2, -0.15) is 0 Å². The molecule has 6 heteroatoms. The summed E-state index contributed by atoms with van der Waals surface area (Å²) in [4.78, 5) is 35.8. The summed E-state index contributed by atoms with van der Waals surface area (Å²) in [5, 5.41) is 5.41. The van der Waals surface area contributed by atoms with E-state index in [0.717, 1.165) is 5.56 Å². The number of rotatable bonds is 7. The van der Waals surface area contributed by atoms with E-state index in [4.69, 9.17) is 4.74 Å². The molecule has 0 heterocycles. The Kier molecular flexibility index (Phi) is 6.91.